The van der Waals surface area contributed by atoms with Crippen molar-refractivity contribution in [1.29, 1.82) is 0 Å². The van der Waals surface area contributed by atoms with Crippen LogP contribution in [-0.2, 0) is 30.2 Å². The fourth-order valence-corrected chi connectivity index (χ4v) is 6.35. The summed E-state index contributed by atoms with van der Waals surface area (Å²) in [4.78, 5) is 28.1. The monoisotopic (exact) mass is 610 g/mol. The molecule has 2 N–H and O–H groups in total. The van der Waals surface area contributed by atoms with Crippen molar-refractivity contribution < 1.29 is 17.3 Å². The highest BCUT2D eigenvalue weighted by Gasteiger charge is 2.27. The van der Waals surface area contributed by atoms with E-state index in [4.69, 9.17) is 16.6 Å². The molecule has 12 nitrogen and oxygen atoms in total. The zero-order valence-corrected chi connectivity index (χ0v) is 24.2. The van der Waals surface area contributed by atoms with Crippen molar-refractivity contribution in [1.82, 2.24) is 24.7 Å². The molecule has 1 aliphatic heterocycles. The summed E-state index contributed by atoms with van der Waals surface area (Å²) in [6.07, 6.45) is 0.984. The molecule has 216 valence electrons. The van der Waals surface area contributed by atoms with Gasteiger partial charge in [-0.25, -0.2) is 19.1 Å². The Kier molecular flexibility index (Phi) is 6.81. The number of pyridine rings is 1. The number of rotatable bonds is 7. The highest BCUT2D eigenvalue weighted by molar-refractivity contribution is 7.92. The van der Waals surface area contributed by atoms with Crippen LogP contribution in [0.25, 0.3) is 10.9 Å². The Hall–Kier alpha value is -4.56. The number of aromatic nitrogens is 5. The third kappa shape index (κ3) is 5.03. The molecule has 5 aromatic rings. The van der Waals surface area contributed by atoms with Crippen LogP contribution in [0.2, 0.25) is 5.15 Å². The number of nitrogens with one attached hydrogen (secondary N) is 2. The minimum atomic E-state index is -4.27. The number of hydrogen-bond donors (Lipinski definition) is 2. The van der Waals surface area contributed by atoms with Crippen molar-refractivity contribution >= 4 is 50.1 Å². The highest BCUT2D eigenvalue weighted by Crippen LogP contribution is 2.32. The van der Waals surface area contributed by atoms with Crippen molar-refractivity contribution in [2.75, 3.05) is 14.9 Å². The molecule has 0 spiro atoms. The number of hydrogen-bond acceptors (Lipinski definition) is 10. The summed E-state index contributed by atoms with van der Waals surface area (Å²) >= 11 is 6.06. The molecule has 0 saturated heterocycles. The van der Waals surface area contributed by atoms with Crippen LogP contribution in [-0.4, -0.2) is 33.1 Å². The number of sulfonamides is 1. The summed E-state index contributed by atoms with van der Waals surface area (Å²) in [6.45, 7) is 4.56. The zero-order chi connectivity index (χ0) is 29.8. The first-order chi connectivity index (χ1) is 20.0. The van der Waals surface area contributed by atoms with Gasteiger partial charge in [-0.2, -0.15) is 13.4 Å². The van der Waals surface area contributed by atoms with Gasteiger partial charge in [-0.05, 0) is 66.0 Å². The van der Waals surface area contributed by atoms with E-state index in [-0.39, 0.29) is 33.2 Å². The highest BCUT2D eigenvalue weighted by atomic mass is 35.5. The smallest absolute Gasteiger partial charge is 0.283 e. The maximum atomic E-state index is 13.9. The van der Waals surface area contributed by atoms with Gasteiger partial charge >= 0.3 is 0 Å². The molecule has 0 amide bonds. The lowest BCUT2D eigenvalue weighted by Gasteiger charge is -2.23. The lowest BCUT2D eigenvalue weighted by molar-refractivity contribution is 0.419. The van der Waals surface area contributed by atoms with Crippen LogP contribution in [0, 0.1) is 12.7 Å². The lowest BCUT2D eigenvalue weighted by Crippen LogP contribution is -2.28. The summed E-state index contributed by atoms with van der Waals surface area (Å²) in [5.41, 5.74) is 3.65. The van der Waals surface area contributed by atoms with Crippen molar-refractivity contribution in [2.45, 2.75) is 38.0 Å². The Morgan fingerprint density at radius 3 is 2.64 bits per heavy atom. The van der Waals surface area contributed by atoms with E-state index in [2.05, 4.69) is 29.7 Å². The summed E-state index contributed by atoms with van der Waals surface area (Å²) in [5.74, 6) is -0.152. The average molecular weight is 611 g/mol. The van der Waals surface area contributed by atoms with Gasteiger partial charge in [-0.1, -0.05) is 23.7 Å². The Morgan fingerprint density at radius 1 is 1.10 bits per heavy atom. The number of fused-ring (bicyclic) bond motifs is 2. The SMILES string of the molecule is Cc1cc([C@@H](C)Nc2ccc(Cl)nc2S(=O)(=O)Nc2ncon2)c2nc(N3Cc4ccc(F)cc4C3)n(C)c(=O)c2c1. The molecule has 42 heavy (non-hydrogen) atoms. The van der Waals surface area contributed by atoms with Crippen LogP contribution in [0.5, 0.6) is 0 Å². The normalized spacial score (nSPS) is 13.8. The maximum Gasteiger partial charge on any atom is 0.283 e. The molecule has 15 heteroatoms. The van der Waals surface area contributed by atoms with Crippen LogP contribution in [0.15, 0.2) is 63.2 Å². The molecule has 0 fully saturated rings. The number of anilines is 3. The largest absolute Gasteiger partial charge is 0.376 e. The Balaban J connectivity index is 1.40. The van der Waals surface area contributed by atoms with E-state index in [0.29, 0.717) is 35.5 Å². The van der Waals surface area contributed by atoms with Gasteiger partial charge in [0.1, 0.15) is 11.0 Å². The minimum absolute atomic E-state index is 0.0380. The molecule has 6 rings (SSSR count). The Morgan fingerprint density at radius 2 is 1.88 bits per heavy atom. The maximum absolute atomic E-state index is 13.9. The predicted octanol–water partition coefficient (Wildman–Crippen LogP) is 4.31. The second kappa shape index (κ2) is 10.4. The van der Waals surface area contributed by atoms with Crippen LogP contribution in [0.4, 0.5) is 22.0 Å². The van der Waals surface area contributed by atoms with Crippen LogP contribution in [0.1, 0.15) is 35.2 Å². The molecule has 1 aliphatic rings. The molecule has 1 atom stereocenters. The molecular weight excluding hydrogens is 587 g/mol. The van der Waals surface area contributed by atoms with E-state index in [1.54, 1.807) is 19.2 Å². The average Bonchev–Trinajstić information content (AvgIpc) is 3.60. The lowest BCUT2D eigenvalue weighted by atomic mass is 10.0. The fourth-order valence-electron chi connectivity index (χ4n) is 5.09. The standard InChI is InChI=1S/C27H24ClFN8O4S/c1-14-8-19(15(2)31-21-6-7-22(28)32-24(21)42(39,40)35-26-30-13-41-34-26)23-20(9-14)25(38)36(3)27(33-23)37-11-16-4-5-18(29)10-17(16)12-37/h4-10,13,15,31H,11-12H2,1-3H3,(H,34,35)/t15-/m1/s1. The van der Waals surface area contributed by atoms with E-state index in [1.807, 2.05) is 24.8 Å². The van der Waals surface area contributed by atoms with Gasteiger partial charge in [0, 0.05) is 25.7 Å². The van der Waals surface area contributed by atoms with Crippen LogP contribution < -0.4 is 20.5 Å². The summed E-state index contributed by atoms with van der Waals surface area (Å²) in [5, 5.41) is 6.67. The summed E-state index contributed by atoms with van der Waals surface area (Å²) in [7, 11) is -2.61. The molecule has 3 aromatic heterocycles. The minimum Gasteiger partial charge on any atom is -0.376 e. The number of halogens is 2. The Bertz CT molecular complexity index is 2020. The first-order valence-corrected chi connectivity index (χ1v) is 14.6. The van der Waals surface area contributed by atoms with Crippen molar-refractivity contribution in [3.63, 3.8) is 0 Å². The van der Waals surface area contributed by atoms with Gasteiger partial charge in [0.05, 0.1) is 22.6 Å². The quantitative estimate of drug-likeness (QED) is 0.255. The molecule has 0 bridgehead atoms. The number of benzene rings is 2. The fraction of sp³-hybridized carbons (Fsp3) is 0.222. The molecule has 0 aliphatic carbocycles. The molecule has 0 unspecified atom stereocenters. The predicted molar refractivity (Wildman–Crippen MR) is 154 cm³/mol. The number of aryl methyl sites for hydroxylation is 1. The molecule has 0 radical (unpaired) electrons. The molecule has 4 heterocycles. The first kappa shape index (κ1) is 27.6. The first-order valence-electron chi connectivity index (χ1n) is 12.8. The van der Waals surface area contributed by atoms with E-state index in [1.165, 1.54) is 28.8 Å². The van der Waals surface area contributed by atoms with Crippen LogP contribution in [0.3, 0.4) is 0 Å². The van der Waals surface area contributed by atoms with Gasteiger partial charge in [0.25, 0.3) is 21.5 Å². The van der Waals surface area contributed by atoms with E-state index in [0.717, 1.165) is 23.1 Å². The van der Waals surface area contributed by atoms with E-state index in [9.17, 15) is 17.6 Å². The van der Waals surface area contributed by atoms with Gasteiger partial charge in [0.2, 0.25) is 17.4 Å². The van der Waals surface area contributed by atoms with Gasteiger partial charge < -0.3 is 14.7 Å². The second-order valence-electron chi connectivity index (χ2n) is 10.0. The van der Waals surface area contributed by atoms with E-state index >= 15 is 0 Å². The van der Waals surface area contributed by atoms with Crippen molar-refractivity contribution in [2.24, 2.45) is 7.05 Å². The van der Waals surface area contributed by atoms with E-state index < -0.39 is 16.1 Å². The molecule has 2 aromatic carbocycles. The van der Waals surface area contributed by atoms with Crippen LogP contribution >= 0.6 is 11.6 Å². The topological polar surface area (TPSA) is 148 Å². The Labute approximate surface area is 244 Å². The third-order valence-corrected chi connectivity index (χ3v) is 8.49. The number of nitrogens with zero attached hydrogens (tertiary/aromatic N) is 6. The second-order valence-corrected chi connectivity index (χ2v) is 12.0. The zero-order valence-electron chi connectivity index (χ0n) is 22.6. The molecular formula is C27H24ClFN8O4S. The summed E-state index contributed by atoms with van der Waals surface area (Å²) < 4.78 is 48.5. The van der Waals surface area contributed by atoms with Gasteiger partial charge in [0.15, 0.2) is 0 Å². The van der Waals surface area contributed by atoms with Gasteiger partial charge in [-0.3, -0.25) is 9.36 Å². The summed E-state index contributed by atoms with van der Waals surface area (Å²) in [6, 6.07) is 10.7. The van der Waals surface area contributed by atoms with Crippen molar-refractivity contribution in [3.05, 3.63) is 92.4 Å². The third-order valence-electron chi connectivity index (χ3n) is 7.01. The van der Waals surface area contributed by atoms with Crippen molar-refractivity contribution in [3.8, 4) is 0 Å². The molecule has 0 saturated carbocycles. The van der Waals surface area contributed by atoms with Gasteiger partial charge in [-0.15, -0.1) is 0 Å².